The maximum atomic E-state index is 11.7. The van der Waals surface area contributed by atoms with E-state index < -0.39 is 5.76 Å². The predicted octanol–water partition coefficient (Wildman–Crippen LogP) is 5.79. The van der Waals surface area contributed by atoms with Gasteiger partial charge < -0.3 is 4.57 Å². The molecule has 0 spiro atoms. The fraction of sp³-hybridized carbons (Fsp3) is 0.233. The molecule has 0 saturated heterocycles. The number of aromatic nitrogens is 4. The second kappa shape index (κ2) is 9.11. The van der Waals surface area contributed by atoms with Gasteiger partial charge in [0, 0.05) is 18.5 Å². The van der Waals surface area contributed by atoms with E-state index in [1.165, 1.54) is 33.3 Å². The van der Waals surface area contributed by atoms with Gasteiger partial charge in [0.25, 0.3) is 0 Å². The second-order valence-electron chi connectivity index (χ2n) is 9.45. The molecule has 0 saturated carbocycles. The van der Waals surface area contributed by atoms with E-state index in [0.29, 0.717) is 5.82 Å². The van der Waals surface area contributed by atoms with Crippen molar-refractivity contribution in [2.24, 2.45) is 0 Å². The molecule has 0 bridgehead atoms. The monoisotopic (exact) mass is 476 g/mol. The molecule has 0 fully saturated rings. The van der Waals surface area contributed by atoms with Gasteiger partial charge in [0.2, 0.25) is 0 Å². The first-order chi connectivity index (χ1) is 17.6. The minimum Gasteiger partial charge on any atom is -0.323 e. The Kier molecular flexibility index (Phi) is 5.64. The number of hydrogen-bond acceptors (Lipinski definition) is 4. The molecule has 2 aromatic heterocycles. The zero-order valence-electron chi connectivity index (χ0n) is 20.5. The Balaban J connectivity index is 1.47. The highest BCUT2D eigenvalue weighted by Crippen LogP contribution is 2.38. The van der Waals surface area contributed by atoms with Gasteiger partial charge in [-0.25, -0.2) is 9.78 Å². The molecule has 1 N–H and O–H groups in total. The lowest BCUT2D eigenvalue weighted by Gasteiger charge is -2.16. The topological polar surface area (TPSA) is 76.7 Å². The molecule has 3 aromatic carbocycles. The number of nitrogens with zero attached hydrogens (tertiary/aromatic N) is 3. The molecule has 2 heterocycles. The van der Waals surface area contributed by atoms with Crippen LogP contribution in [0, 0.1) is 0 Å². The summed E-state index contributed by atoms with van der Waals surface area (Å²) in [7, 11) is 0. The van der Waals surface area contributed by atoms with Gasteiger partial charge in [0.1, 0.15) is 5.82 Å². The molecule has 0 radical (unpaired) electrons. The summed E-state index contributed by atoms with van der Waals surface area (Å²) in [6.45, 7) is 4.98. The Morgan fingerprint density at radius 1 is 1.00 bits per heavy atom. The van der Waals surface area contributed by atoms with Gasteiger partial charge in [-0.15, -0.1) is 0 Å². The van der Waals surface area contributed by atoms with Crippen LogP contribution in [0.5, 0.6) is 0 Å². The van der Waals surface area contributed by atoms with E-state index in [-0.39, 0.29) is 0 Å². The zero-order valence-corrected chi connectivity index (χ0v) is 20.5. The first-order valence-electron chi connectivity index (χ1n) is 12.5. The number of fused-ring (bicyclic) bond motifs is 3. The molecule has 0 unspecified atom stereocenters. The average Bonchev–Trinajstić information content (AvgIpc) is 3.43. The summed E-state index contributed by atoms with van der Waals surface area (Å²) in [6.07, 6.45) is 3.91. The van der Waals surface area contributed by atoms with E-state index in [2.05, 4.69) is 82.3 Å². The minimum atomic E-state index is -0.544. The van der Waals surface area contributed by atoms with Gasteiger partial charge in [0.15, 0.2) is 5.82 Å². The van der Waals surface area contributed by atoms with Crippen LogP contribution in [0.3, 0.4) is 0 Å². The van der Waals surface area contributed by atoms with Crippen molar-refractivity contribution in [1.82, 2.24) is 19.7 Å². The Hall–Kier alpha value is -4.19. The molecule has 36 heavy (non-hydrogen) atoms. The highest BCUT2D eigenvalue weighted by Gasteiger charge is 2.22. The third-order valence-electron chi connectivity index (χ3n) is 7.11. The van der Waals surface area contributed by atoms with Crippen molar-refractivity contribution in [3.8, 4) is 0 Å². The van der Waals surface area contributed by atoms with Crippen LogP contribution >= 0.6 is 0 Å². The van der Waals surface area contributed by atoms with Gasteiger partial charge in [-0.3, -0.25) is 9.51 Å². The number of benzene rings is 3. The number of rotatable bonds is 5. The van der Waals surface area contributed by atoms with Crippen molar-refractivity contribution in [3.05, 3.63) is 117 Å². The molecule has 0 aliphatic heterocycles. The fourth-order valence-corrected chi connectivity index (χ4v) is 5.41. The number of para-hydroxylation sites is 2. The molecule has 5 aromatic rings. The van der Waals surface area contributed by atoms with Crippen LogP contribution in [0.4, 0.5) is 0 Å². The zero-order chi connectivity index (χ0) is 24.6. The Morgan fingerprint density at radius 3 is 2.61 bits per heavy atom. The van der Waals surface area contributed by atoms with Crippen molar-refractivity contribution >= 4 is 22.2 Å². The number of aromatic amines is 1. The van der Waals surface area contributed by atoms with E-state index in [4.69, 9.17) is 9.51 Å². The second-order valence-corrected chi connectivity index (χ2v) is 9.45. The summed E-state index contributed by atoms with van der Waals surface area (Å²) in [5.41, 5.74) is 10.4. The van der Waals surface area contributed by atoms with E-state index in [1.54, 1.807) is 0 Å². The van der Waals surface area contributed by atoms with Gasteiger partial charge in [-0.05, 0) is 71.7 Å². The van der Waals surface area contributed by atoms with Gasteiger partial charge >= 0.3 is 5.76 Å². The summed E-state index contributed by atoms with van der Waals surface area (Å²) in [4.78, 5) is 19.3. The van der Waals surface area contributed by atoms with Crippen LogP contribution < -0.4 is 5.76 Å². The number of hydrogen-bond donors (Lipinski definition) is 1. The van der Waals surface area contributed by atoms with Crippen molar-refractivity contribution in [1.29, 1.82) is 0 Å². The molecule has 6 heteroatoms. The molecular formula is C30H28N4O2. The van der Waals surface area contributed by atoms with Crippen molar-refractivity contribution in [3.63, 3.8) is 0 Å². The maximum absolute atomic E-state index is 11.7. The lowest BCUT2D eigenvalue weighted by molar-refractivity contribution is 0.385. The number of allylic oxidation sites excluding steroid dienone is 1. The average molecular weight is 477 g/mol. The molecule has 180 valence electrons. The maximum Gasteiger partial charge on any atom is 0.439 e. The lowest BCUT2D eigenvalue weighted by atomic mass is 9.89. The highest BCUT2D eigenvalue weighted by molar-refractivity contribution is 5.98. The summed E-state index contributed by atoms with van der Waals surface area (Å²) in [5, 5.41) is 3.98. The first-order valence-corrected chi connectivity index (χ1v) is 12.5. The largest absolute Gasteiger partial charge is 0.439 e. The van der Waals surface area contributed by atoms with Crippen molar-refractivity contribution in [2.45, 2.75) is 46.1 Å². The first kappa shape index (κ1) is 22.3. The minimum absolute atomic E-state index is 0.468. The van der Waals surface area contributed by atoms with Gasteiger partial charge in [-0.1, -0.05) is 66.7 Å². The van der Waals surface area contributed by atoms with Crippen LogP contribution in [0.25, 0.3) is 22.2 Å². The lowest BCUT2D eigenvalue weighted by Crippen LogP contribution is -2.06. The fourth-order valence-electron chi connectivity index (χ4n) is 5.41. The molecule has 6 rings (SSSR count). The van der Waals surface area contributed by atoms with E-state index in [0.717, 1.165) is 54.7 Å². The van der Waals surface area contributed by atoms with Crippen LogP contribution in [0.1, 0.15) is 59.7 Å². The smallest absolute Gasteiger partial charge is 0.323 e. The Labute approximate surface area is 209 Å². The van der Waals surface area contributed by atoms with Crippen LogP contribution in [-0.2, 0) is 25.8 Å². The standard InChI is InChI=1S/C30H28N4O2/c1-3-8-27-31-25-11-6-7-12-26(25)34(27)18-20-13-16-24-22(17-20)15-14-21-9-4-5-10-23(21)28(24)19(2)29-32-30(35)36-33-29/h4-7,9-13,16-17H,3,8,14-15,18H2,1-2H3,(H,32,33,35). The van der Waals surface area contributed by atoms with Crippen molar-refractivity contribution < 1.29 is 4.52 Å². The molecule has 6 nitrogen and oxygen atoms in total. The number of nitrogens with one attached hydrogen (secondary N) is 1. The van der Waals surface area contributed by atoms with Crippen LogP contribution in [0.2, 0.25) is 0 Å². The van der Waals surface area contributed by atoms with Crippen molar-refractivity contribution in [2.75, 3.05) is 0 Å². The Morgan fingerprint density at radius 2 is 1.78 bits per heavy atom. The molecular weight excluding hydrogens is 448 g/mol. The number of aryl methyl sites for hydroxylation is 3. The Bertz CT molecular complexity index is 1670. The summed E-state index contributed by atoms with van der Waals surface area (Å²) >= 11 is 0. The molecule has 0 amide bonds. The molecule has 1 aliphatic rings. The van der Waals surface area contributed by atoms with E-state index in [1.807, 2.05) is 13.0 Å². The van der Waals surface area contributed by atoms with E-state index >= 15 is 0 Å². The summed E-state index contributed by atoms with van der Waals surface area (Å²) < 4.78 is 7.18. The van der Waals surface area contributed by atoms with Crippen LogP contribution in [-0.4, -0.2) is 19.7 Å². The van der Waals surface area contributed by atoms with Gasteiger partial charge in [-0.2, -0.15) is 0 Å². The molecule has 0 atom stereocenters. The summed E-state index contributed by atoms with van der Waals surface area (Å²) in [5.74, 6) is 1.06. The van der Waals surface area contributed by atoms with Crippen LogP contribution in [0.15, 0.2) is 76.0 Å². The number of H-pyrrole nitrogens is 1. The molecule has 1 aliphatic carbocycles. The third kappa shape index (κ3) is 3.88. The quantitative estimate of drug-likeness (QED) is 0.348. The predicted molar refractivity (Wildman–Crippen MR) is 142 cm³/mol. The number of imidazole rings is 1. The highest BCUT2D eigenvalue weighted by atomic mass is 16.5. The third-order valence-corrected chi connectivity index (χ3v) is 7.11. The summed E-state index contributed by atoms with van der Waals surface area (Å²) in [6, 6.07) is 23.7. The normalized spacial score (nSPS) is 14.4. The van der Waals surface area contributed by atoms with Gasteiger partial charge in [0.05, 0.1) is 11.0 Å². The van der Waals surface area contributed by atoms with E-state index in [9.17, 15) is 4.79 Å². The SMILES string of the molecule is CCCc1nc2ccccc2n1Cc1ccc2c(c1)CCc1ccccc1C2=C(C)c1noc(=O)[nH]1.